The summed E-state index contributed by atoms with van der Waals surface area (Å²) in [5.74, 6) is 2.06. The van der Waals surface area contributed by atoms with Gasteiger partial charge in [-0.3, -0.25) is 4.79 Å². The molecule has 0 atom stereocenters. The molecular formula is C15H18FNO. The number of anilines is 1. The van der Waals surface area contributed by atoms with Crippen LogP contribution in [0.2, 0.25) is 0 Å². The third kappa shape index (κ3) is 3.10. The van der Waals surface area contributed by atoms with E-state index in [4.69, 9.17) is 6.42 Å². The molecule has 1 aromatic carbocycles. The molecule has 0 unspecified atom stereocenters. The molecular weight excluding hydrogens is 229 g/mol. The van der Waals surface area contributed by atoms with E-state index in [1.54, 1.807) is 13.0 Å². The molecule has 0 amide bonds. The lowest BCUT2D eigenvalue weighted by Gasteiger charge is -2.24. The highest BCUT2D eigenvalue weighted by atomic mass is 19.1. The molecule has 0 radical (unpaired) electrons. The Bertz CT molecular complexity index is 488. The first-order chi connectivity index (χ1) is 8.51. The lowest BCUT2D eigenvalue weighted by molar-refractivity contribution is 0.101. The van der Waals surface area contributed by atoms with Crippen LogP contribution >= 0.6 is 0 Å². The molecule has 0 bridgehead atoms. The number of aryl methyl sites for hydroxylation is 1. The Morgan fingerprint density at radius 3 is 2.67 bits per heavy atom. The maximum atomic E-state index is 13.5. The van der Waals surface area contributed by atoms with Crippen LogP contribution in [0.4, 0.5) is 10.1 Å². The topological polar surface area (TPSA) is 20.3 Å². The van der Waals surface area contributed by atoms with Crippen molar-refractivity contribution in [2.75, 3.05) is 18.0 Å². The fourth-order valence-electron chi connectivity index (χ4n) is 1.87. The molecule has 1 aromatic rings. The molecule has 0 saturated heterocycles. The molecule has 0 saturated carbocycles. The van der Waals surface area contributed by atoms with Gasteiger partial charge in [-0.15, -0.1) is 6.42 Å². The second-order valence-corrected chi connectivity index (χ2v) is 4.30. The average molecular weight is 247 g/mol. The summed E-state index contributed by atoms with van der Waals surface area (Å²) in [5.41, 5.74) is 1.64. The van der Waals surface area contributed by atoms with E-state index in [0.717, 1.165) is 18.7 Å². The third-order valence-electron chi connectivity index (χ3n) is 2.77. The number of carbonyl (C=O) groups is 1. The highest BCUT2D eigenvalue weighted by molar-refractivity contribution is 6.00. The van der Waals surface area contributed by atoms with Gasteiger partial charge in [0, 0.05) is 17.8 Å². The van der Waals surface area contributed by atoms with Crippen molar-refractivity contribution in [3.05, 3.63) is 29.1 Å². The maximum Gasteiger partial charge on any atom is 0.161 e. The smallest absolute Gasteiger partial charge is 0.161 e. The van der Waals surface area contributed by atoms with Crippen molar-refractivity contribution in [1.29, 1.82) is 0 Å². The Hall–Kier alpha value is -1.82. The fourth-order valence-corrected chi connectivity index (χ4v) is 1.87. The number of benzene rings is 1. The van der Waals surface area contributed by atoms with Gasteiger partial charge in [0.05, 0.1) is 6.54 Å². The van der Waals surface area contributed by atoms with Gasteiger partial charge in [0.15, 0.2) is 5.78 Å². The Kier molecular flexibility index (Phi) is 4.91. The van der Waals surface area contributed by atoms with Crippen molar-refractivity contribution in [2.45, 2.75) is 27.2 Å². The molecule has 0 heterocycles. The summed E-state index contributed by atoms with van der Waals surface area (Å²) < 4.78 is 13.5. The highest BCUT2D eigenvalue weighted by Gasteiger charge is 2.15. The molecule has 96 valence electrons. The molecule has 3 heteroatoms. The van der Waals surface area contributed by atoms with E-state index in [1.165, 1.54) is 13.0 Å². The van der Waals surface area contributed by atoms with Gasteiger partial charge in [0.25, 0.3) is 0 Å². The minimum Gasteiger partial charge on any atom is -0.360 e. The summed E-state index contributed by atoms with van der Waals surface area (Å²) in [6.07, 6.45) is 6.25. The summed E-state index contributed by atoms with van der Waals surface area (Å²) in [6.45, 7) is 6.32. The number of halogens is 1. The van der Waals surface area contributed by atoms with Crippen LogP contribution in [0.3, 0.4) is 0 Å². The molecule has 18 heavy (non-hydrogen) atoms. The molecule has 0 spiro atoms. The molecule has 2 nitrogen and oxygen atoms in total. The zero-order valence-electron chi connectivity index (χ0n) is 11.1. The third-order valence-corrected chi connectivity index (χ3v) is 2.77. The zero-order chi connectivity index (χ0) is 13.7. The fraction of sp³-hybridized carbons (Fsp3) is 0.400. The zero-order valence-corrected chi connectivity index (χ0v) is 11.1. The van der Waals surface area contributed by atoms with E-state index in [0.29, 0.717) is 17.7 Å². The van der Waals surface area contributed by atoms with Crippen LogP contribution in [0.5, 0.6) is 0 Å². The Balaban J connectivity index is 3.31. The SMILES string of the molecule is C#CCN(CCC)c1cc(C)c(F)cc1C(C)=O. The number of Topliss-reactive ketones (excluding diaryl/α,β-unsaturated/α-hetero) is 1. The quantitative estimate of drug-likeness (QED) is 0.588. The van der Waals surface area contributed by atoms with Crippen LogP contribution < -0.4 is 4.90 Å². The summed E-state index contributed by atoms with van der Waals surface area (Å²) in [5, 5.41) is 0. The number of terminal acetylenes is 1. The maximum absolute atomic E-state index is 13.5. The first kappa shape index (κ1) is 14.2. The van der Waals surface area contributed by atoms with E-state index >= 15 is 0 Å². The number of nitrogens with zero attached hydrogens (tertiary/aromatic N) is 1. The number of carbonyl (C=O) groups excluding carboxylic acids is 1. The standard InChI is InChI=1S/C15H18FNO/c1-5-7-17(8-6-2)15-9-11(3)14(16)10-13(15)12(4)18/h1,9-10H,6-8H2,2-4H3. The lowest BCUT2D eigenvalue weighted by atomic mass is 10.0. The predicted octanol–water partition coefficient (Wildman–Crippen LogP) is 3.19. The van der Waals surface area contributed by atoms with Crippen LogP contribution in [0, 0.1) is 25.1 Å². The summed E-state index contributed by atoms with van der Waals surface area (Å²) >= 11 is 0. The van der Waals surface area contributed by atoms with Gasteiger partial charge in [0.2, 0.25) is 0 Å². The largest absolute Gasteiger partial charge is 0.360 e. The van der Waals surface area contributed by atoms with Gasteiger partial charge in [-0.1, -0.05) is 12.8 Å². The van der Waals surface area contributed by atoms with E-state index in [-0.39, 0.29) is 11.6 Å². The Labute approximate surface area is 108 Å². The first-order valence-electron chi connectivity index (χ1n) is 6.00. The van der Waals surface area contributed by atoms with Crippen molar-refractivity contribution in [3.63, 3.8) is 0 Å². The van der Waals surface area contributed by atoms with E-state index in [9.17, 15) is 9.18 Å². The monoisotopic (exact) mass is 247 g/mol. The average Bonchev–Trinajstić information content (AvgIpc) is 2.31. The van der Waals surface area contributed by atoms with Crippen molar-refractivity contribution in [2.24, 2.45) is 0 Å². The number of hydrogen-bond donors (Lipinski definition) is 0. The molecule has 0 aliphatic heterocycles. The Morgan fingerprint density at radius 1 is 1.50 bits per heavy atom. The van der Waals surface area contributed by atoms with Crippen molar-refractivity contribution in [3.8, 4) is 12.3 Å². The van der Waals surface area contributed by atoms with Crippen LogP contribution in [-0.2, 0) is 0 Å². The van der Waals surface area contributed by atoms with Crippen LogP contribution in [0.1, 0.15) is 36.2 Å². The van der Waals surface area contributed by atoms with Crippen LogP contribution in [0.15, 0.2) is 12.1 Å². The summed E-state index contributed by atoms with van der Waals surface area (Å²) in [6, 6.07) is 2.99. The molecule has 0 aliphatic carbocycles. The van der Waals surface area contributed by atoms with Crippen molar-refractivity contribution < 1.29 is 9.18 Å². The molecule has 1 rings (SSSR count). The number of rotatable bonds is 5. The molecule has 0 N–H and O–H groups in total. The highest BCUT2D eigenvalue weighted by Crippen LogP contribution is 2.25. The summed E-state index contributed by atoms with van der Waals surface area (Å²) in [4.78, 5) is 13.5. The summed E-state index contributed by atoms with van der Waals surface area (Å²) in [7, 11) is 0. The molecule has 0 aromatic heterocycles. The normalized spacial score (nSPS) is 9.94. The van der Waals surface area contributed by atoms with Crippen LogP contribution in [-0.4, -0.2) is 18.9 Å². The van der Waals surface area contributed by atoms with Gasteiger partial charge in [0.1, 0.15) is 5.82 Å². The van der Waals surface area contributed by atoms with Gasteiger partial charge >= 0.3 is 0 Å². The molecule has 0 fully saturated rings. The second-order valence-electron chi connectivity index (χ2n) is 4.30. The van der Waals surface area contributed by atoms with Gasteiger partial charge < -0.3 is 4.90 Å². The minimum absolute atomic E-state index is 0.151. The predicted molar refractivity (Wildman–Crippen MR) is 72.5 cm³/mol. The first-order valence-corrected chi connectivity index (χ1v) is 6.00. The molecule has 0 aliphatic rings. The Morgan fingerprint density at radius 2 is 2.17 bits per heavy atom. The van der Waals surface area contributed by atoms with Gasteiger partial charge in [-0.25, -0.2) is 4.39 Å². The number of hydrogen-bond acceptors (Lipinski definition) is 2. The lowest BCUT2D eigenvalue weighted by Crippen LogP contribution is -2.26. The van der Waals surface area contributed by atoms with E-state index < -0.39 is 0 Å². The minimum atomic E-state index is -0.360. The van der Waals surface area contributed by atoms with Gasteiger partial charge in [-0.2, -0.15) is 0 Å². The van der Waals surface area contributed by atoms with Crippen molar-refractivity contribution in [1.82, 2.24) is 0 Å². The van der Waals surface area contributed by atoms with Crippen molar-refractivity contribution >= 4 is 11.5 Å². The van der Waals surface area contributed by atoms with Crippen LogP contribution in [0.25, 0.3) is 0 Å². The van der Waals surface area contributed by atoms with E-state index in [2.05, 4.69) is 5.92 Å². The second kappa shape index (κ2) is 6.20. The van der Waals surface area contributed by atoms with Gasteiger partial charge in [-0.05, 0) is 38.0 Å². The number of ketones is 1. The van der Waals surface area contributed by atoms with E-state index in [1.807, 2.05) is 11.8 Å².